The second-order valence-corrected chi connectivity index (χ2v) is 10.6. The number of benzene rings is 1. The third-order valence-corrected chi connectivity index (χ3v) is 8.28. The minimum atomic E-state index is -0.923. The van der Waals surface area contributed by atoms with Crippen LogP contribution in [0.2, 0.25) is 0 Å². The van der Waals surface area contributed by atoms with Gasteiger partial charge in [0.05, 0.1) is 11.1 Å². The van der Waals surface area contributed by atoms with E-state index in [1.807, 2.05) is 12.1 Å². The molecule has 188 valence electrons. The van der Waals surface area contributed by atoms with E-state index in [2.05, 4.69) is 15.5 Å². The van der Waals surface area contributed by atoms with Gasteiger partial charge in [-0.25, -0.2) is 0 Å². The molecule has 3 fully saturated rings. The Labute approximate surface area is 206 Å². The summed E-state index contributed by atoms with van der Waals surface area (Å²) in [5, 5.41) is 5.77. The number of carbonyl (C=O) groups is 4. The highest BCUT2D eigenvalue weighted by Crippen LogP contribution is 2.32. The van der Waals surface area contributed by atoms with Crippen molar-refractivity contribution in [3.05, 3.63) is 34.9 Å². The van der Waals surface area contributed by atoms with Gasteiger partial charge < -0.3 is 5.32 Å². The van der Waals surface area contributed by atoms with Gasteiger partial charge >= 0.3 is 0 Å². The third-order valence-electron chi connectivity index (χ3n) is 8.28. The van der Waals surface area contributed by atoms with Gasteiger partial charge in [-0.05, 0) is 88.2 Å². The van der Waals surface area contributed by atoms with Crippen molar-refractivity contribution in [3.63, 3.8) is 0 Å². The number of fused-ring (bicyclic) bond motifs is 1. The second kappa shape index (κ2) is 10.6. The van der Waals surface area contributed by atoms with E-state index in [-0.39, 0.29) is 18.7 Å². The van der Waals surface area contributed by atoms with Gasteiger partial charge in [0.1, 0.15) is 6.04 Å². The van der Waals surface area contributed by atoms with E-state index in [0.29, 0.717) is 17.7 Å². The molecule has 35 heavy (non-hydrogen) atoms. The van der Waals surface area contributed by atoms with E-state index >= 15 is 0 Å². The molecule has 0 spiro atoms. The lowest BCUT2D eigenvalue weighted by Gasteiger charge is -2.32. The van der Waals surface area contributed by atoms with Crippen molar-refractivity contribution in [3.8, 4) is 0 Å². The summed E-state index contributed by atoms with van der Waals surface area (Å²) in [6.45, 7) is 4.98. The van der Waals surface area contributed by atoms with Crippen molar-refractivity contribution in [1.82, 2.24) is 20.4 Å². The molecule has 0 aromatic heterocycles. The van der Waals surface area contributed by atoms with Crippen LogP contribution in [0.4, 0.5) is 0 Å². The molecule has 4 aliphatic rings. The van der Waals surface area contributed by atoms with Crippen LogP contribution >= 0.6 is 0 Å². The van der Waals surface area contributed by atoms with E-state index in [0.717, 1.165) is 35.4 Å². The van der Waals surface area contributed by atoms with Gasteiger partial charge in [-0.1, -0.05) is 25.0 Å². The lowest BCUT2D eigenvalue weighted by Crippen LogP contribution is -2.54. The SMILES string of the molecule is O=C1CCC(N2C(=O)c3cccc(CN4CCC(CCCC5CCCNC5)CC4)c3C2=O)C(=O)N1. The smallest absolute Gasteiger partial charge is 0.262 e. The maximum absolute atomic E-state index is 13.3. The lowest BCUT2D eigenvalue weighted by atomic mass is 9.87. The average Bonchev–Trinajstić information content (AvgIpc) is 3.12. The van der Waals surface area contributed by atoms with E-state index in [4.69, 9.17) is 0 Å². The molecular weight excluding hydrogens is 444 g/mol. The molecule has 3 saturated heterocycles. The maximum atomic E-state index is 13.3. The highest BCUT2D eigenvalue weighted by molar-refractivity contribution is 6.24. The second-order valence-electron chi connectivity index (χ2n) is 10.6. The van der Waals surface area contributed by atoms with Crippen LogP contribution in [0.5, 0.6) is 0 Å². The van der Waals surface area contributed by atoms with Gasteiger partial charge in [-0.3, -0.25) is 34.3 Å². The van der Waals surface area contributed by atoms with Crippen molar-refractivity contribution in [2.45, 2.75) is 70.4 Å². The van der Waals surface area contributed by atoms with Gasteiger partial charge in [0.25, 0.3) is 11.8 Å². The summed E-state index contributed by atoms with van der Waals surface area (Å²) in [6, 6.07) is 4.48. The van der Waals surface area contributed by atoms with Crippen LogP contribution in [0.15, 0.2) is 18.2 Å². The summed E-state index contributed by atoms with van der Waals surface area (Å²) < 4.78 is 0. The first kappa shape index (κ1) is 24.1. The third kappa shape index (κ3) is 5.19. The molecule has 2 N–H and O–H groups in total. The fourth-order valence-corrected chi connectivity index (χ4v) is 6.26. The minimum absolute atomic E-state index is 0.128. The number of nitrogens with zero attached hydrogens (tertiary/aromatic N) is 2. The molecule has 8 heteroatoms. The number of rotatable bonds is 7. The van der Waals surface area contributed by atoms with Crippen molar-refractivity contribution >= 4 is 23.6 Å². The number of imide groups is 2. The van der Waals surface area contributed by atoms with Crippen LogP contribution in [0.3, 0.4) is 0 Å². The Bertz CT molecular complexity index is 995. The predicted molar refractivity (Wildman–Crippen MR) is 131 cm³/mol. The zero-order chi connectivity index (χ0) is 24.4. The van der Waals surface area contributed by atoms with Crippen molar-refractivity contribution in [2.24, 2.45) is 11.8 Å². The molecule has 4 heterocycles. The molecule has 8 nitrogen and oxygen atoms in total. The molecule has 1 aromatic carbocycles. The predicted octanol–water partition coefficient (Wildman–Crippen LogP) is 2.47. The first-order chi connectivity index (χ1) is 17.0. The molecule has 4 aliphatic heterocycles. The van der Waals surface area contributed by atoms with Crippen molar-refractivity contribution in [2.75, 3.05) is 26.2 Å². The minimum Gasteiger partial charge on any atom is -0.316 e. The quantitative estimate of drug-likeness (QED) is 0.582. The topological polar surface area (TPSA) is 98.8 Å². The Kier molecular flexibility index (Phi) is 7.29. The van der Waals surface area contributed by atoms with Crippen LogP contribution < -0.4 is 10.6 Å². The molecule has 0 bridgehead atoms. The number of nitrogens with one attached hydrogen (secondary N) is 2. The summed E-state index contributed by atoms with van der Waals surface area (Å²) in [4.78, 5) is 53.7. The Morgan fingerprint density at radius 1 is 0.914 bits per heavy atom. The Morgan fingerprint density at radius 2 is 1.71 bits per heavy atom. The Balaban J connectivity index is 1.17. The Morgan fingerprint density at radius 3 is 2.46 bits per heavy atom. The standard InChI is InChI=1S/C27H36N4O4/c32-23-10-9-22(25(33)29-23)31-26(34)21-8-2-7-20(24(21)27(31)35)17-30-14-11-18(12-15-30)4-1-5-19-6-3-13-28-16-19/h2,7-8,18-19,22,28H,1,3-6,9-17H2,(H,29,32,33). The number of amides is 4. The van der Waals surface area contributed by atoms with Gasteiger partial charge in [-0.2, -0.15) is 0 Å². The molecule has 2 atom stereocenters. The van der Waals surface area contributed by atoms with Gasteiger partial charge in [0, 0.05) is 13.0 Å². The van der Waals surface area contributed by atoms with Crippen LogP contribution in [0, 0.1) is 11.8 Å². The summed E-state index contributed by atoms with van der Waals surface area (Å²) >= 11 is 0. The molecule has 0 aliphatic carbocycles. The first-order valence-electron chi connectivity index (χ1n) is 13.3. The zero-order valence-corrected chi connectivity index (χ0v) is 20.4. The molecule has 5 rings (SSSR count). The monoisotopic (exact) mass is 480 g/mol. The average molecular weight is 481 g/mol. The van der Waals surface area contributed by atoms with E-state index in [1.54, 1.807) is 6.07 Å². The van der Waals surface area contributed by atoms with Gasteiger partial charge in [0.15, 0.2) is 0 Å². The molecule has 0 saturated carbocycles. The van der Waals surface area contributed by atoms with Crippen LogP contribution in [-0.4, -0.2) is 65.6 Å². The normalized spacial score (nSPS) is 26.2. The van der Waals surface area contributed by atoms with Crippen LogP contribution in [-0.2, 0) is 16.1 Å². The first-order valence-corrected chi connectivity index (χ1v) is 13.3. The van der Waals surface area contributed by atoms with Gasteiger partial charge in [-0.15, -0.1) is 0 Å². The lowest BCUT2D eigenvalue weighted by molar-refractivity contribution is -0.136. The van der Waals surface area contributed by atoms with Crippen molar-refractivity contribution in [1.29, 1.82) is 0 Å². The number of piperidine rings is 3. The Hall–Kier alpha value is -2.58. The molecule has 0 radical (unpaired) electrons. The van der Waals surface area contributed by atoms with Gasteiger partial charge in [0.2, 0.25) is 11.8 Å². The van der Waals surface area contributed by atoms with E-state index in [9.17, 15) is 19.2 Å². The maximum Gasteiger partial charge on any atom is 0.262 e. The fourth-order valence-electron chi connectivity index (χ4n) is 6.26. The highest BCUT2D eigenvalue weighted by atomic mass is 16.2. The van der Waals surface area contributed by atoms with Crippen LogP contribution in [0.1, 0.15) is 84.1 Å². The molecule has 1 aromatic rings. The number of likely N-dealkylation sites (tertiary alicyclic amines) is 1. The van der Waals surface area contributed by atoms with Crippen molar-refractivity contribution < 1.29 is 19.2 Å². The summed E-state index contributed by atoms with van der Waals surface area (Å²) in [5.74, 6) is -0.160. The zero-order valence-electron chi connectivity index (χ0n) is 20.4. The molecular formula is C27H36N4O4. The summed E-state index contributed by atoms with van der Waals surface area (Å²) in [5.41, 5.74) is 1.63. The van der Waals surface area contributed by atoms with E-state index in [1.165, 1.54) is 58.0 Å². The highest BCUT2D eigenvalue weighted by Gasteiger charge is 2.45. The number of hydrogen-bond acceptors (Lipinski definition) is 6. The number of carbonyl (C=O) groups excluding carboxylic acids is 4. The fraction of sp³-hybridized carbons (Fsp3) is 0.630. The largest absolute Gasteiger partial charge is 0.316 e. The molecule has 4 amide bonds. The summed E-state index contributed by atoms with van der Waals surface area (Å²) in [7, 11) is 0. The van der Waals surface area contributed by atoms with Crippen LogP contribution in [0.25, 0.3) is 0 Å². The van der Waals surface area contributed by atoms with E-state index < -0.39 is 23.8 Å². The molecule has 2 unspecified atom stereocenters. The summed E-state index contributed by atoms with van der Waals surface area (Å²) in [6.07, 6.45) is 9.29. The number of hydrogen-bond donors (Lipinski definition) is 2.